The van der Waals surface area contributed by atoms with Gasteiger partial charge in [0, 0.05) is 0 Å². The molecule has 0 unspecified atom stereocenters. The quantitative estimate of drug-likeness (QED) is 0.834. The number of hydrogen-bond donors (Lipinski definition) is 1. The van der Waals surface area contributed by atoms with Crippen molar-refractivity contribution in [2.45, 2.75) is 33.1 Å². The Morgan fingerprint density at radius 1 is 1.18 bits per heavy atom. The molecule has 0 aliphatic heterocycles. The van der Waals surface area contributed by atoms with Crippen molar-refractivity contribution in [1.29, 1.82) is 0 Å². The average Bonchev–Trinajstić information content (AvgIpc) is 2.50. The molecule has 2 aromatic rings. The monoisotopic (exact) mass is 303 g/mol. The third-order valence-corrected chi connectivity index (χ3v) is 3.06. The van der Waals surface area contributed by atoms with Gasteiger partial charge >= 0.3 is 0 Å². The lowest BCUT2D eigenvalue weighted by atomic mass is 10.1. The number of amides is 1. The number of hydrogen-bond acceptors (Lipinski definition) is 2. The van der Waals surface area contributed by atoms with Gasteiger partial charge in [0.15, 0.2) is 11.6 Å². The van der Waals surface area contributed by atoms with E-state index in [1.165, 1.54) is 24.5 Å². The molecule has 0 saturated carbocycles. The van der Waals surface area contributed by atoms with Gasteiger partial charge in [-0.25, -0.2) is 4.39 Å². The second-order valence-corrected chi connectivity index (χ2v) is 4.92. The summed E-state index contributed by atoms with van der Waals surface area (Å²) in [6.45, 7) is 4.03. The summed E-state index contributed by atoms with van der Waals surface area (Å²) in [4.78, 5) is 8.58. The van der Waals surface area contributed by atoms with E-state index in [1.807, 2.05) is 37.3 Å². The fourth-order valence-corrected chi connectivity index (χ4v) is 1.92. The molecule has 0 aliphatic rings. The SMILES string of the molecule is CCCCc1ccc(Oc2ccc(C)cc2F)cc1.NC=O. The Morgan fingerprint density at radius 2 is 1.82 bits per heavy atom. The Kier molecular flexibility index (Phi) is 7.68. The largest absolute Gasteiger partial charge is 0.454 e. The lowest BCUT2D eigenvalue weighted by Crippen LogP contribution is -1.90. The third kappa shape index (κ3) is 5.95. The van der Waals surface area contributed by atoms with Crippen LogP contribution < -0.4 is 10.5 Å². The van der Waals surface area contributed by atoms with E-state index in [9.17, 15) is 4.39 Å². The van der Waals surface area contributed by atoms with Gasteiger partial charge in [0.25, 0.3) is 0 Å². The van der Waals surface area contributed by atoms with Gasteiger partial charge in [-0.15, -0.1) is 0 Å². The Balaban J connectivity index is 0.000000745. The average molecular weight is 303 g/mol. The molecule has 2 N–H and O–H groups in total. The molecular formula is C18H22FNO2. The summed E-state index contributed by atoms with van der Waals surface area (Å²) in [5, 5.41) is 0. The highest BCUT2D eigenvalue weighted by Crippen LogP contribution is 2.25. The minimum absolute atomic E-state index is 0.250. The van der Waals surface area contributed by atoms with Crippen LogP contribution in [0.15, 0.2) is 42.5 Å². The molecule has 1 amide bonds. The molecule has 22 heavy (non-hydrogen) atoms. The number of aryl methyl sites for hydroxylation is 2. The lowest BCUT2D eigenvalue weighted by molar-refractivity contribution is -0.106. The Morgan fingerprint density at radius 3 is 2.36 bits per heavy atom. The van der Waals surface area contributed by atoms with E-state index in [-0.39, 0.29) is 18.0 Å². The lowest BCUT2D eigenvalue weighted by Gasteiger charge is -2.08. The zero-order chi connectivity index (χ0) is 16.4. The number of ether oxygens (including phenoxy) is 1. The summed E-state index contributed by atoms with van der Waals surface area (Å²) in [5.41, 5.74) is 6.35. The molecule has 0 bridgehead atoms. The fourth-order valence-electron chi connectivity index (χ4n) is 1.92. The molecule has 3 nitrogen and oxygen atoms in total. The van der Waals surface area contributed by atoms with Crippen molar-refractivity contribution in [3.8, 4) is 11.5 Å². The molecule has 0 radical (unpaired) electrons. The van der Waals surface area contributed by atoms with Gasteiger partial charge in [0.2, 0.25) is 6.41 Å². The van der Waals surface area contributed by atoms with Crippen molar-refractivity contribution in [1.82, 2.24) is 0 Å². The van der Waals surface area contributed by atoms with Crippen molar-refractivity contribution in [3.05, 3.63) is 59.4 Å². The standard InChI is InChI=1S/C17H19FO.CH3NO/c1-3-4-5-14-7-9-15(10-8-14)19-17-11-6-13(2)12-16(17)18;2-1-3/h6-12H,3-5H2,1-2H3;1H,(H2,2,3). The number of halogens is 1. The zero-order valence-corrected chi connectivity index (χ0v) is 13.0. The number of nitrogens with two attached hydrogens (primary N) is 1. The summed E-state index contributed by atoms with van der Waals surface area (Å²) in [6, 6.07) is 12.8. The predicted octanol–water partition coefficient (Wildman–Crippen LogP) is 4.37. The van der Waals surface area contributed by atoms with Crippen molar-refractivity contribution >= 4 is 6.41 Å². The Labute approximate surface area is 130 Å². The Bertz CT molecular complexity index is 582. The summed E-state index contributed by atoms with van der Waals surface area (Å²) >= 11 is 0. The number of carbonyl (C=O) groups excluding carboxylic acids is 1. The summed E-state index contributed by atoms with van der Waals surface area (Å²) in [7, 11) is 0. The molecule has 0 aliphatic carbocycles. The number of unbranched alkanes of at least 4 members (excludes halogenated alkanes) is 1. The van der Waals surface area contributed by atoms with Crippen LogP contribution in [0.2, 0.25) is 0 Å². The van der Waals surface area contributed by atoms with Crippen LogP contribution in [0.1, 0.15) is 30.9 Å². The van der Waals surface area contributed by atoms with Crippen molar-refractivity contribution in [3.63, 3.8) is 0 Å². The molecule has 4 heteroatoms. The molecule has 0 fully saturated rings. The van der Waals surface area contributed by atoms with E-state index in [1.54, 1.807) is 6.07 Å². The van der Waals surface area contributed by atoms with Crippen LogP contribution in [0, 0.1) is 12.7 Å². The molecule has 2 aromatic carbocycles. The van der Waals surface area contributed by atoms with Crippen LogP contribution >= 0.6 is 0 Å². The van der Waals surface area contributed by atoms with Gasteiger partial charge < -0.3 is 10.5 Å². The van der Waals surface area contributed by atoms with Crippen LogP contribution in [0.3, 0.4) is 0 Å². The highest BCUT2D eigenvalue weighted by Gasteiger charge is 2.04. The highest BCUT2D eigenvalue weighted by molar-refractivity contribution is 5.42. The van der Waals surface area contributed by atoms with Gasteiger partial charge in [-0.05, 0) is 55.2 Å². The van der Waals surface area contributed by atoms with Crippen molar-refractivity contribution < 1.29 is 13.9 Å². The van der Waals surface area contributed by atoms with Gasteiger partial charge in [0.05, 0.1) is 0 Å². The third-order valence-electron chi connectivity index (χ3n) is 3.06. The molecule has 118 valence electrons. The van der Waals surface area contributed by atoms with Crippen LogP contribution in [-0.4, -0.2) is 6.41 Å². The highest BCUT2D eigenvalue weighted by atomic mass is 19.1. The van der Waals surface area contributed by atoms with E-state index in [0.29, 0.717) is 5.75 Å². The van der Waals surface area contributed by atoms with Crippen molar-refractivity contribution in [2.24, 2.45) is 5.73 Å². The van der Waals surface area contributed by atoms with Gasteiger partial charge in [-0.3, -0.25) is 4.79 Å². The molecule has 2 rings (SSSR count). The number of rotatable bonds is 5. The molecule has 0 atom stereocenters. The molecule has 0 saturated heterocycles. The second-order valence-electron chi connectivity index (χ2n) is 4.92. The maximum absolute atomic E-state index is 13.7. The van der Waals surface area contributed by atoms with Crippen LogP contribution in [0.25, 0.3) is 0 Å². The molecule has 0 aromatic heterocycles. The fraction of sp³-hybridized carbons (Fsp3) is 0.278. The van der Waals surface area contributed by atoms with E-state index in [4.69, 9.17) is 9.53 Å². The molecule has 0 heterocycles. The van der Waals surface area contributed by atoms with Crippen LogP contribution in [0.5, 0.6) is 11.5 Å². The topological polar surface area (TPSA) is 52.3 Å². The Hall–Kier alpha value is -2.36. The first-order chi connectivity index (χ1) is 10.6. The van der Waals surface area contributed by atoms with E-state index >= 15 is 0 Å². The number of primary amides is 1. The minimum Gasteiger partial charge on any atom is -0.454 e. The summed E-state index contributed by atoms with van der Waals surface area (Å²) in [6.07, 6.45) is 3.70. The van der Waals surface area contributed by atoms with Gasteiger partial charge in [-0.1, -0.05) is 31.5 Å². The zero-order valence-electron chi connectivity index (χ0n) is 13.0. The normalized spacial score (nSPS) is 9.59. The maximum atomic E-state index is 13.7. The first kappa shape index (κ1) is 17.7. The minimum atomic E-state index is -0.324. The second kappa shape index (κ2) is 9.55. The number of carbonyl (C=O) groups is 1. The maximum Gasteiger partial charge on any atom is 0.204 e. The first-order valence-electron chi connectivity index (χ1n) is 7.29. The number of benzene rings is 2. The van der Waals surface area contributed by atoms with E-state index in [2.05, 4.69) is 12.7 Å². The van der Waals surface area contributed by atoms with Crippen LogP contribution in [-0.2, 0) is 11.2 Å². The summed E-state index contributed by atoms with van der Waals surface area (Å²) in [5.74, 6) is 0.616. The van der Waals surface area contributed by atoms with Crippen LogP contribution in [0.4, 0.5) is 4.39 Å². The summed E-state index contributed by atoms with van der Waals surface area (Å²) < 4.78 is 19.2. The van der Waals surface area contributed by atoms with E-state index in [0.717, 1.165) is 12.0 Å². The van der Waals surface area contributed by atoms with Crippen molar-refractivity contribution in [2.75, 3.05) is 0 Å². The predicted molar refractivity (Wildman–Crippen MR) is 86.5 cm³/mol. The first-order valence-corrected chi connectivity index (χ1v) is 7.29. The van der Waals surface area contributed by atoms with Gasteiger partial charge in [0.1, 0.15) is 5.75 Å². The van der Waals surface area contributed by atoms with E-state index < -0.39 is 0 Å². The molecular weight excluding hydrogens is 281 g/mol. The smallest absolute Gasteiger partial charge is 0.204 e. The van der Waals surface area contributed by atoms with Gasteiger partial charge in [-0.2, -0.15) is 0 Å². The molecule has 0 spiro atoms.